The minimum absolute atomic E-state index is 0.100. The standard InChI is InChI=1S/C10H11N9/c1-6-3-7(2)19(17-6)10-15-8(11)14-9(16-10)18-5-12-4-13-18/h3-5H,1-2H3,(H2,11,14,15,16). The highest BCUT2D eigenvalue weighted by Crippen LogP contribution is 2.10. The molecule has 0 saturated carbocycles. The Kier molecular flexibility index (Phi) is 2.44. The van der Waals surface area contributed by atoms with Crippen molar-refractivity contribution in [3.05, 3.63) is 30.1 Å². The molecule has 0 amide bonds. The molecule has 19 heavy (non-hydrogen) atoms. The van der Waals surface area contributed by atoms with Crippen molar-refractivity contribution >= 4 is 5.95 Å². The number of rotatable bonds is 2. The summed E-state index contributed by atoms with van der Waals surface area (Å²) < 4.78 is 3.01. The molecule has 0 bridgehead atoms. The number of aryl methyl sites for hydroxylation is 2. The Morgan fingerprint density at radius 2 is 1.89 bits per heavy atom. The highest BCUT2D eigenvalue weighted by Gasteiger charge is 2.11. The molecule has 2 N–H and O–H groups in total. The zero-order valence-electron chi connectivity index (χ0n) is 10.4. The van der Waals surface area contributed by atoms with E-state index in [2.05, 4.69) is 30.1 Å². The maximum Gasteiger partial charge on any atom is 0.258 e. The Morgan fingerprint density at radius 1 is 1.11 bits per heavy atom. The minimum Gasteiger partial charge on any atom is -0.368 e. The van der Waals surface area contributed by atoms with Gasteiger partial charge in [0.25, 0.3) is 11.9 Å². The van der Waals surface area contributed by atoms with Crippen LogP contribution in [0.1, 0.15) is 11.4 Å². The smallest absolute Gasteiger partial charge is 0.258 e. The van der Waals surface area contributed by atoms with Gasteiger partial charge < -0.3 is 5.73 Å². The molecule has 3 rings (SSSR count). The maximum atomic E-state index is 5.69. The Balaban J connectivity index is 2.15. The van der Waals surface area contributed by atoms with Gasteiger partial charge in [0.15, 0.2) is 0 Å². The lowest BCUT2D eigenvalue weighted by Crippen LogP contribution is -2.13. The van der Waals surface area contributed by atoms with Crippen LogP contribution in [0.2, 0.25) is 0 Å². The molecule has 0 radical (unpaired) electrons. The fourth-order valence-corrected chi connectivity index (χ4v) is 1.71. The van der Waals surface area contributed by atoms with Crippen LogP contribution in [0.5, 0.6) is 0 Å². The summed E-state index contributed by atoms with van der Waals surface area (Å²) in [5.41, 5.74) is 7.48. The third-order valence-corrected chi connectivity index (χ3v) is 2.45. The van der Waals surface area contributed by atoms with Crippen molar-refractivity contribution in [1.82, 2.24) is 39.5 Å². The van der Waals surface area contributed by atoms with Gasteiger partial charge in [-0.25, -0.2) is 9.67 Å². The molecule has 0 saturated heterocycles. The summed E-state index contributed by atoms with van der Waals surface area (Å²) in [7, 11) is 0. The Morgan fingerprint density at radius 3 is 2.53 bits per heavy atom. The van der Waals surface area contributed by atoms with Gasteiger partial charge >= 0.3 is 0 Å². The fourth-order valence-electron chi connectivity index (χ4n) is 1.71. The van der Waals surface area contributed by atoms with E-state index in [0.717, 1.165) is 11.4 Å². The number of hydrogen-bond donors (Lipinski definition) is 1. The summed E-state index contributed by atoms with van der Waals surface area (Å²) in [6.07, 6.45) is 2.88. The summed E-state index contributed by atoms with van der Waals surface area (Å²) in [5, 5.41) is 8.26. The lowest BCUT2D eigenvalue weighted by molar-refractivity contribution is 0.732. The molecule has 9 nitrogen and oxygen atoms in total. The molecule has 3 aromatic heterocycles. The van der Waals surface area contributed by atoms with E-state index >= 15 is 0 Å². The van der Waals surface area contributed by atoms with E-state index in [1.54, 1.807) is 4.68 Å². The van der Waals surface area contributed by atoms with Crippen molar-refractivity contribution < 1.29 is 0 Å². The second kappa shape index (κ2) is 4.12. The Labute approximate surface area is 108 Å². The number of nitrogens with zero attached hydrogens (tertiary/aromatic N) is 8. The van der Waals surface area contributed by atoms with Crippen LogP contribution in [0, 0.1) is 13.8 Å². The van der Waals surface area contributed by atoms with Crippen LogP contribution in [0.15, 0.2) is 18.7 Å². The molecule has 9 heteroatoms. The van der Waals surface area contributed by atoms with Gasteiger partial charge in [-0.1, -0.05) is 0 Å². The van der Waals surface area contributed by atoms with E-state index in [-0.39, 0.29) is 5.95 Å². The van der Waals surface area contributed by atoms with Gasteiger partial charge in [-0.15, -0.1) is 0 Å². The lowest BCUT2D eigenvalue weighted by atomic mass is 10.4. The quantitative estimate of drug-likeness (QED) is 0.678. The van der Waals surface area contributed by atoms with Gasteiger partial charge in [-0.05, 0) is 19.9 Å². The average molecular weight is 257 g/mol. The third-order valence-electron chi connectivity index (χ3n) is 2.45. The van der Waals surface area contributed by atoms with Gasteiger partial charge in [-0.2, -0.15) is 29.8 Å². The van der Waals surface area contributed by atoms with E-state index in [1.165, 1.54) is 17.3 Å². The van der Waals surface area contributed by atoms with Crippen LogP contribution < -0.4 is 5.73 Å². The van der Waals surface area contributed by atoms with Crippen LogP contribution in [-0.4, -0.2) is 39.5 Å². The predicted molar refractivity (Wildman–Crippen MR) is 65.8 cm³/mol. The minimum atomic E-state index is 0.100. The topological polar surface area (TPSA) is 113 Å². The molecule has 3 aromatic rings. The SMILES string of the molecule is Cc1cc(C)n(-c2nc(N)nc(-n3cncn3)n2)n1. The first kappa shape index (κ1) is 11.3. The Hall–Kier alpha value is -2.84. The third kappa shape index (κ3) is 2.01. The highest BCUT2D eigenvalue weighted by atomic mass is 15.4. The zero-order chi connectivity index (χ0) is 13.4. The van der Waals surface area contributed by atoms with Gasteiger partial charge in [0.05, 0.1) is 5.69 Å². The summed E-state index contributed by atoms with van der Waals surface area (Å²) in [5.74, 6) is 0.749. The first-order chi connectivity index (χ1) is 9.13. The van der Waals surface area contributed by atoms with E-state index in [1.807, 2.05) is 19.9 Å². The van der Waals surface area contributed by atoms with Crippen molar-refractivity contribution in [1.29, 1.82) is 0 Å². The molecule has 96 valence electrons. The summed E-state index contributed by atoms with van der Waals surface area (Å²) >= 11 is 0. The molecule has 3 heterocycles. The van der Waals surface area contributed by atoms with Crippen molar-refractivity contribution in [2.75, 3.05) is 5.73 Å². The number of nitrogens with two attached hydrogens (primary N) is 1. The summed E-state index contributed by atoms with van der Waals surface area (Å²) in [6, 6.07) is 1.93. The number of nitrogen functional groups attached to an aromatic ring is 1. The van der Waals surface area contributed by atoms with Gasteiger partial charge in [-0.3, -0.25) is 0 Å². The van der Waals surface area contributed by atoms with Crippen molar-refractivity contribution in [2.45, 2.75) is 13.8 Å². The molecule has 0 atom stereocenters. The monoisotopic (exact) mass is 257 g/mol. The first-order valence-electron chi connectivity index (χ1n) is 5.53. The summed E-state index contributed by atoms with van der Waals surface area (Å²) in [4.78, 5) is 16.2. The summed E-state index contributed by atoms with van der Waals surface area (Å²) in [6.45, 7) is 3.81. The second-order valence-electron chi connectivity index (χ2n) is 3.97. The molecular weight excluding hydrogens is 246 g/mol. The van der Waals surface area contributed by atoms with Gasteiger partial charge in [0.1, 0.15) is 12.7 Å². The molecule has 0 aliphatic rings. The van der Waals surface area contributed by atoms with Crippen LogP contribution >= 0.6 is 0 Å². The van der Waals surface area contributed by atoms with E-state index in [9.17, 15) is 0 Å². The molecule has 0 aliphatic heterocycles. The first-order valence-corrected chi connectivity index (χ1v) is 5.53. The van der Waals surface area contributed by atoms with Crippen LogP contribution in [0.3, 0.4) is 0 Å². The van der Waals surface area contributed by atoms with E-state index < -0.39 is 0 Å². The Bertz CT molecular complexity index is 713. The van der Waals surface area contributed by atoms with Crippen LogP contribution in [0.25, 0.3) is 11.9 Å². The molecule has 0 spiro atoms. The molecule has 0 fully saturated rings. The van der Waals surface area contributed by atoms with E-state index in [0.29, 0.717) is 11.9 Å². The number of hydrogen-bond acceptors (Lipinski definition) is 7. The van der Waals surface area contributed by atoms with Crippen LogP contribution in [0.4, 0.5) is 5.95 Å². The molecule has 0 unspecified atom stereocenters. The van der Waals surface area contributed by atoms with Crippen molar-refractivity contribution in [3.8, 4) is 11.9 Å². The lowest BCUT2D eigenvalue weighted by Gasteiger charge is -2.05. The maximum absolute atomic E-state index is 5.69. The van der Waals surface area contributed by atoms with Crippen molar-refractivity contribution in [3.63, 3.8) is 0 Å². The predicted octanol–water partition coefficient (Wildman–Crippen LogP) is -0.163. The largest absolute Gasteiger partial charge is 0.368 e. The van der Waals surface area contributed by atoms with E-state index in [4.69, 9.17) is 5.73 Å². The average Bonchev–Trinajstić information content (AvgIpc) is 2.98. The molecular formula is C10H11N9. The normalized spacial score (nSPS) is 10.8. The highest BCUT2D eigenvalue weighted by molar-refractivity contribution is 5.29. The van der Waals surface area contributed by atoms with Crippen molar-refractivity contribution in [2.24, 2.45) is 0 Å². The second-order valence-corrected chi connectivity index (χ2v) is 3.97. The number of aromatic nitrogens is 8. The molecule has 0 aliphatic carbocycles. The van der Waals surface area contributed by atoms with Crippen LogP contribution in [-0.2, 0) is 0 Å². The zero-order valence-corrected chi connectivity index (χ0v) is 10.4. The fraction of sp³-hybridized carbons (Fsp3) is 0.200. The molecule has 0 aromatic carbocycles. The number of anilines is 1. The van der Waals surface area contributed by atoms with Gasteiger partial charge in [0, 0.05) is 5.69 Å². The van der Waals surface area contributed by atoms with Gasteiger partial charge in [0.2, 0.25) is 5.95 Å².